The highest BCUT2D eigenvalue weighted by atomic mass is 16.6. The Morgan fingerprint density at radius 1 is 1.41 bits per heavy atom. The van der Waals surface area contributed by atoms with Gasteiger partial charge in [0.1, 0.15) is 0 Å². The molecule has 0 bridgehead atoms. The first kappa shape index (κ1) is 16.2. The Morgan fingerprint density at radius 2 is 2.05 bits per heavy atom. The van der Waals surface area contributed by atoms with Gasteiger partial charge >= 0.3 is 11.9 Å². The molecule has 0 saturated carbocycles. The molecule has 1 aliphatic rings. The minimum atomic E-state index is -1.40. The number of benzene rings is 1. The van der Waals surface area contributed by atoms with Crippen LogP contribution in [0.3, 0.4) is 0 Å². The van der Waals surface area contributed by atoms with Crippen molar-refractivity contribution in [1.29, 1.82) is 0 Å². The Balaban J connectivity index is 1.88. The van der Waals surface area contributed by atoms with E-state index in [0.717, 1.165) is 5.56 Å². The van der Waals surface area contributed by atoms with Crippen LogP contribution in [-0.2, 0) is 25.7 Å². The molecule has 0 unspecified atom stereocenters. The molecule has 5 nitrogen and oxygen atoms in total. The third-order valence-corrected chi connectivity index (χ3v) is 3.55. The zero-order chi connectivity index (χ0) is 16.2. The van der Waals surface area contributed by atoms with Crippen LogP contribution in [0.2, 0.25) is 0 Å². The third-order valence-electron chi connectivity index (χ3n) is 3.55. The van der Waals surface area contributed by atoms with Gasteiger partial charge in [-0.2, -0.15) is 0 Å². The van der Waals surface area contributed by atoms with Gasteiger partial charge < -0.3 is 14.6 Å². The smallest absolute Gasteiger partial charge is 0.349 e. The van der Waals surface area contributed by atoms with Crippen molar-refractivity contribution < 1.29 is 24.2 Å². The topological polar surface area (TPSA) is 72.8 Å². The Labute approximate surface area is 129 Å². The largest absolute Gasteiger partial charge is 0.478 e. The van der Waals surface area contributed by atoms with Crippen LogP contribution in [0.1, 0.15) is 32.3 Å². The van der Waals surface area contributed by atoms with E-state index in [9.17, 15) is 9.59 Å². The van der Waals surface area contributed by atoms with Crippen LogP contribution in [0, 0.1) is 0 Å². The van der Waals surface area contributed by atoms with Crippen molar-refractivity contribution in [2.24, 2.45) is 0 Å². The Bertz CT molecular complexity index is 566. The second-order valence-corrected chi connectivity index (χ2v) is 5.93. The van der Waals surface area contributed by atoms with Crippen molar-refractivity contribution in [3.05, 3.63) is 48.0 Å². The number of rotatable bonds is 7. The van der Waals surface area contributed by atoms with Crippen LogP contribution in [-0.4, -0.2) is 28.2 Å². The fraction of sp³-hybridized carbons (Fsp3) is 0.412. The Morgan fingerprint density at radius 3 is 2.59 bits per heavy atom. The second-order valence-electron chi connectivity index (χ2n) is 5.93. The normalized spacial score (nSPS) is 21.5. The average molecular weight is 304 g/mol. The van der Waals surface area contributed by atoms with Crippen LogP contribution in [0.5, 0.6) is 0 Å². The highest BCUT2D eigenvalue weighted by Crippen LogP contribution is 2.32. The van der Waals surface area contributed by atoms with Gasteiger partial charge in [-0.1, -0.05) is 42.5 Å². The number of carboxylic acid groups (broad SMARTS) is 1. The van der Waals surface area contributed by atoms with Gasteiger partial charge in [0, 0.05) is 6.42 Å². The molecule has 1 fully saturated rings. The number of aliphatic carboxylic acids is 1. The van der Waals surface area contributed by atoms with E-state index in [1.165, 1.54) is 0 Å². The molecule has 2 rings (SSSR count). The lowest BCUT2D eigenvalue weighted by Crippen LogP contribution is -2.53. The van der Waals surface area contributed by atoms with E-state index in [2.05, 4.69) is 0 Å². The first-order valence-corrected chi connectivity index (χ1v) is 7.14. The van der Waals surface area contributed by atoms with Crippen molar-refractivity contribution in [3.63, 3.8) is 0 Å². The van der Waals surface area contributed by atoms with Crippen molar-refractivity contribution >= 4 is 11.9 Å². The van der Waals surface area contributed by atoms with Crippen LogP contribution in [0.25, 0.3) is 0 Å². The molecule has 1 saturated heterocycles. The van der Waals surface area contributed by atoms with Crippen molar-refractivity contribution in [3.8, 4) is 0 Å². The maximum absolute atomic E-state index is 11.2. The van der Waals surface area contributed by atoms with Crippen molar-refractivity contribution in [1.82, 2.24) is 0 Å². The molecule has 1 aromatic rings. The Hall–Kier alpha value is -2.14. The molecule has 1 atom stereocenters. The van der Waals surface area contributed by atoms with Gasteiger partial charge in [-0.25, -0.2) is 4.79 Å². The highest BCUT2D eigenvalue weighted by Gasteiger charge is 2.52. The number of carbonyl (C=O) groups is 2. The quantitative estimate of drug-likeness (QED) is 0.619. The van der Waals surface area contributed by atoms with Crippen LogP contribution < -0.4 is 0 Å². The summed E-state index contributed by atoms with van der Waals surface area (Å²) in [5.74, 6) is -1.59. The van der Waals surface area contributed by atoms with E-state index in [1.807, 2.05) is 44.2 Å². The lowest BCUT2D eigenvalue weighted by Gasteiger charge is -2.35. The SMILES string of the molecule is CC(C)(/C=C/C[C@]1(C(=O)O)CC(=O)O1)OCc1ccccc1. The zero-order valence-corrected chi connectivity index (χ0v) is 12.7. The van der Waals surface area contributed by atoms with Gasteiger partial charge in [0.05, 0.1) is 18.6 Å². The van der Waals surface area contributed by atoms with Gasteiger partial charge in [-0.3, -0.25) is 4.79 Å². The molecule has 118 valence electrons. The molecule has 0 spiro atoms. The molecule has 1 aromatic carbocycles. The van der Waals surface area contributed by atoms with Crippen molar-refractivity contribution in [2.45, 2.75) is 44.5 Å². The van der Waals surface area contributed by atoms with E-state index in [1.54, 1.807) is 12.2 Å². The summed E-state index contributed by atoms with van der Waals surface area (Å²) in [7, 11) is 0. The van der Waals surface area contributed by atoms with E-state index in [-0.39, 0.29) is 12.8 Å². The number of carboxylic acids is 1. The van der Waals surface area contributed by atoms with E-state index in [0.29, 0.717) is 6.61 Å². The maximum atomic E-state index is 11.2. The van der Waals surface area contributed by atoms with Crippen LogP contribution in [0.15, 0.2) is 42.5 Å². The molecule has 1 N–H and O–H groups in total. The van der Waals surface area contributed by atoms with Gasteiger partial charge in [-0.05, 0) is 19.4 Å². The highest BCUT2D eigenvalue weighted by molar-refractivity contribution is 5.92. The number of ether oxygens (including phenoxy) is 2. The fourth-order valence-electron chi connectivity index (χ4n) is 2.19. The summed E-state index contributed by atoms with van der Waals surface area (Å²) < 4.78 is 10.6. The molecular formula is C17H20O5. The summed E-state index contributed by atoms with van der Waals surface area (Å²) >= 11 is 0. The Kier molecular flexibility index (Phi) is 4.66. The minimum absolute atomic E-state index is 0.0853. The molecule has 22 heavy (non-hydrogen) atoms. The third kappa shape index (κ3) is 3.95. The molecule has 0 aromatic heterocycles. The minimum Gasteiger partial charge on any atom is -0.478 e. The summed E-state index contributed by atoms with van der Waals surface area (Å²) in [4.78, 5) is 22.1. The first-order valence-electron chi connectivity index (χ1n) is 7.14. The van der Waals surface area contributed by atoms with Crippen LogP contribution >= 0.6 is 0 Å². The summed E-state index contributed by atoms with van der Waals surface area (Å²) in [5, 5.41) is 9.14. The molecule has 5 heteroatoms. The summed E-state index contributed by atoms with van der Waals surface area (Å²) in [6.45, 7) is 4.26. The monoisotopic (exact) mass is 304 g/mol. The maximum Gasteiger partial charge on any atom is 0.349 e. The number of hydrogen-bond donors (Lipinski definition) is 1. The fourth-order valence-corrected chi connectivity index (χ4v) is 2.19. The van der Waals surface area contributed by atoms with Gasteiger partial charge in [0.25, 0.3) is 0 Å². The summed E-state index contributed by atoms with van der Waals surface area (Å²) in [6.07, 6.45) is 3.56. The van der Waals surface area contributed by atoms with Crippen molar-refractivity contribution in [2.75, 3.05) is 0 Å². The number of cyclic esters (lactones) is 1. The number of hydrogen-bond acceptors (Lipinski definition) is 4. The van der Waals surface area contributed by atoms with Gasteiger partial charge in [-0.15, -0.1) is 0 Å². The summed E-state index contributed by atoms with van der Waals surface area (Å²) in [6, 6.07) is 9.80. The molecule has 1 heterocycles. The average Bonchev–Trinajstić information content (AvgIpc) is 2.44. The second kappa shape index (κ2) is 6.32. The predicted molar refractivity (Wildman–Crippen MR) is 80.1 cm³/mol. The first-order chi connectivity index (χ1) is 10.3. The van der Waals surface area contributed by atoms with E-state index < -0.39 is 23.1 Å². The van der Waals surface area contributed by atoms with Crippen LogP contribution in [0.4, 0.5) is 0 Å². The number of esters is 1. The molecule has 1 aliphatic heterocycles. The number of carbonyl (C=O) groups excluding carboxylic acids is 1. The standard InChI is InChI=1S/C17H20O5/c1-16(2,21-12-13-7-4-3-5-8-13)9-6-10-17(15(19)20)11-14(18)22-17/h3-9H,10-12H2,1-2H3,(H,19,20)/b9-6+/t17-/m1/s1. The molecule has 0 radical (unpaired) electrons. The predicted octanol–water partition coefficient (Wildman–Crippen LogP) is 2.70. The lowest BCUT2D eigenvalue weighted by molar-refractivity contribution is -0.203. The zero-order valence-electron chi connectivity index (χ0n) is 12.7. The lowest BCUT2D eigenvalue weighted by atomic mass is 9.89. The van der Waals surface area contributed by atoms with Gasteiger partial charge in [0.15, 0.2) is 0 Å². The molecule has 0 amide bonds. The molecular weight excluding hydrogens is 284 g/mol. The van der Waals surface area contributed by atoms with Gasteiger partial charge in [0.2, 0.25) is 5.60 Å². The van der Waals surface area contributed by atoms with E-state index in [4.69, 9.17) is 14.6 Å². The summed E-state index contributed by atoms with van der Waals surface area (Å²) in [5.41, 5.74) is -0.870. The molecule has 0 aliphatic carbocycles. The van der Waals surface area contributed by atoms with E-state index >= 15 is 0 Å².